The number of hydrogen-bond donors (Lipinski definition) is 2. The Kier molecular flexibility index (Phi) is 2.74. The first-order valence-electron chi connectivity index (χ1n) is 5.04. The van der Waals surface area contributed by atoms with Gasteiger partial charge in [0.25, 0.3) is 0 Å². The molecule has 0 saturated heterocycles. The van der Waals surface area contributed by atoms with Gasteiger partial charge in [0.05, 0.1) is 0 Å². The van der Waals surface area contributed by atoms with Gasteiger partial charge in [-0.15, -0.1) is 0 Å². The Morgan fingerprint density at radius 3 is 2.14 bits per heavy atom. The summed E-state index contributed by atoms with van der Waals surface area (Å²) < 4.78 is 0. The van der Waals surface area contributed by atoms with Crippen LogP contribution >= 0.6 is 0 Å². The number of anilines is 2. The van der Waals surface area contributed by atoms with E-state index in [0.29, 0.717) is 0 Å². The van der Waals surface area contributed by atoms with Gasteiger partial charge in [0.1, 0.15) is 0 Å². The van der Waals surface area contributed by atoms with Crippen molar-refractivity contribution in [3.05, 3.63) is 23.3 Å². The molecule has 0 aliphatic carbocycles. The lowest BCUT2D eigenvalue weighted by atomic mass is 9.84. The number of rotatable bonds is 1. The third kappa shape index (κ3) is 2.00. The molecular formula is C12H20N2. The predicted octanol–water partition coefficient (Wildman–Crippen LogP) is 2.71. The van der Waals surface area contributed by atoms with Crippen LogP contribution in [0.3, 0.4) is 0 Å². The Morgan fingerprint density at radius 1 is 1.14 bits per heavy atom. The normalized spacial score (nSPS) is 11.7. The monoisotopic (exact) mass is 192 g/mol. The molecule has 1 rings (SSSR count). The molecule has 4 N–H and O–H groups in total. The van der Waals surface area contributed by atoms with Crippen molar-refractivity contribution in [3.8, 4) is 0 Å². The number of aryl methyl sites for hydroxylation is 1. The molecule has 0 spiro atoms. The van der Waals surface area contributed by atoms with Crippen molar-refractivity contribution in [2.75, 3.05) is 11.5 Å². The Bertz CT molecular complexity index is 335. The molecule has 0 atom stereocenters. The predicted molar refractivity (Wildman–Crippen MR) is 63.3 cm³/mol. The maximum Gasteiger partial charge on any atom is 0.0385 e. The van der Waals surface area contributed by atoms with Crippen molar-refractivity contribution in [3.63, 3.8) is 0 Å². The molecule has 0 radical (unpaired) electrons. The van der Waals surface area contributed by atoms with Gasteiger partial charge in [-0.3, -0.25) is 0 Å². The van der Waals surface area contributed by atoms with Crippen molar-refractivity contribution in [2.24, 2.45) is 0 Å². The van der Waals surface area contributed by atoms with E-state index in [9.17, 15) is 0 Å². The number of nitrogens with two attached hydrogens (primary N) is 2. The van der Waals surface area contributed by atoms with Crippen molar-refractivity contribution >= 4 is 11.4 Å². The lowest BCUT2D eigenvalue weighted by molar-refractivity contribution is 0.592. The number of hydrogen-bond acceptors (Lipinski definition) is 2. The van der Waals surface area contributed by atoms with Crippen LogP contribution in [0.1, 0.15) is 38.8 Å². The number of benzene rings is 1. The van der Waals surface area contributed by atoms with Gasteiger partial charge in [0.2, 0.25) is 0 Å². The highest BCUT2D eigenvalue weighted by Gasteiger charge is 2.18. The second kappa shape index (κ2) is 3.52. The summed E-state index contributed by atoms with van der Waals surface area (Å²) in [6, 6.07) is 3.94. The molecule has 14 heavy (non-hydrogen) atoms. The zero-order chi connectivity index (χ0) is 10.9. The molecule has 0 aliphatic rings. The molecule has 0 unspecified atom stereocenters. The Hall–Kier alpha value is -1.18. The summed E-state index contributed by atoms with van der Waals surface area (Å²) in [5, 5.41) is 0. The minimum Gasteiger partial charge on any atom is -0.399 e. The quantitative estimate of drug-likeness (QED) is 0.672. The van der Waals surface area contributed by atoms with E-state index in [-0.39, 0.29) is 5.41 Å². The van der Waals surface area contributed by atoms with Crippen LogP contribution in [0, 0.1) is 0 Å². The Labute approximate surface area is 86.3 Å². The molecule has 78 valence electrons. The van der Waals surface area contributed by atoms with E-state index < -0.39 is 0 Å². The van der Waals surface area contributed by atoms with Crippen LogP contribution in [0.4, 0.5) is 11.4 Å². The second-order valence-electron chi connectivity index (χ2n) is 4.74. The van der Waals surface area contributed by atoms with Gasteiger partial charge in [0.15, 0.2) is 0 Å². The summed E-state index contributed by atoms with van der Waals surface area (Å²) in [6.45, 7) is 8.55. The maximum atomic E-state index is 6.09. The summed E-state index contributed by atoms with van der Waals surface area (Å²) in [7, 11) is 0. The molecule has 2 heteroatoms. The van der Waals surface area contributed by atoms with Gasteiger partial charge in [-0.2, -0.15) is 0 Å². The van der Waals surface area contributed by atoms with Gasteiger partial charge in [-0.25, -0.2) is 0 Å². The average molecular weight is 192 g/mol. The topological polar surface area (TPSA) is 52.0 Å². The third-order valence-electron chi connectivity index (χ3n) is 2.48. The van der Waals surface area contributed by atoms with Crippen LogP contribution in [0.25, 0.3) is 0 Å². The van der Waals surface area contributed by atoms with Gasteiger partial charge < -0.3 is 11.5 Å². The first kappa shape index (κ1) is 10.9. The van der Waals surface area contributed by atoms with Crippen molar-refractivity contribution in [2.45, 2.75) is 39.5 Å². The molecule has 2 nitrogen and oxygen atoms in total. The zero-order valence-corrected chi connectivity index (χ0v) is 9.52. The molecule has 0 fully saturated rings. The first-order valence-corrected chi connectivity index (χ1v) is 5.04. The average Bonchev–Trinajstić information content (AvgIpc) is 2.06. The largest absolute Gasteiger partial charge is 0.399 e. The van der Waals surface area contributed by atoms with E-state index in [1.165, 1.54) is 0 Å². The van der Waals surface area contributed by atoms with Crippen molar-refractivity contribution in [1.82, 2.24) is 0 Å². The van der Waals surface area contributed by atoms with E-state index in [1.807, 2.05) is 12.1 Å². The fourth-order valence-corrected chi connectivity index (χ4v) is 1.65. The highest BCUT2D eigenvalue weighted by molar-refractivity contribution is 5.63. The summed E-state index contributed by atoms with van der Waals surface area (Å²) in [5.74, 6) is 0. The lowest BCUT2D eigenvalue weighted by Gasteiger charge is -2.23. The fraction of sp³-hybridized carbons (Fsp3) is 0.500. The second-order valence-corrected chi connectivity index (χ2v) is 4.74. The SMILES string of the molecule is CCc1cc(N)cc(C(C)(C)C)c1N. The van der Waals surface area contributed by atoms with Gasteiger partial charge in [0, 0.05) is 11.4 Å². The van der Waals surface area contributed by atoms with Gasteiger partial charge in [-0.1, -0.05) is 27.7 Å². The van der Waals surface area contributed by atoms with E-state index in [0.717, 1.165) is 28.9 Å². The highest BCUT2D eigenvalue weighted by atomic mass is 14.6. The molecule has 1 aromatic carbocycles. The molecule has 0 aliphatic heterocycles. The smallest absolute Gasteiger partial charge is 0.0385 e. The summed E-state index contributed by atoms with van der Waals surface area (Å²) in [4.78, 5) is 0. The van der Waals surface area contributed by atoms with Crippen LogP contribution in [0.2, 0.25) is 0 Å². The Morgan fingerprint density at radius 2 is 1.71 bits per heavy atom. The molecule has 0 bridgehead atoms. The van der Waals surface area contributed by atoms with E-state index in [2.05, 4.69) is 27.7 Å². The standard InChI is InChI=1S/C12H20N2/c1-5-8-6-9(13)7-10(11(8)14)12(2,3)4/h6-7H,5,13-14H2,1-4H3. The Balaban J connectivity index is 3.37. The van der Waals surface area contributed by atoms with E-state index in [4.69, 9.17) is 11.5 Å². The molecule has 0 amide bonds. The van der Waals surface area contributed by atoms with Gasteiger partial charge >= 0.3 is 0 Å². The zero-order valence-electron chi connectivity index (χ0n) is 9.52. The van der Waals surface area contributed by atoms with Crippen LogP contribution < -0.4 is 11.5 Å². The first-order chi connectivity index (χ1) is 6.36. The summed E-state index contributed by atoms with van der Waals surface area (Å²) in [6.07, 6.45) is 0.931. The van der Waals surface area contributed by atoms with Crippen LogP contribution in [-0.2, 0) is 11.8 Å². The number of nitrogen functional groups attached to an aromatic ring is 2. The third-order valence-corrected chi connectivity index (χ3v) is 2.48. The minimum absolute atomic E-state index is 0.0589. The van der Waals surface area contributed by atoms with Gasteiger partial charge in [-0.05, 0) is 35.1 Å². The maximum absolute atomic E-state index is 6.09. The molecular weight excluding hydrogens is 172 g/mol. The summed E-state index contributed by atoms with van der Waals surface area (Å²) >= 11 is 0. The molecule has 0 saturated carbocycles. The molecule has 0 heterocycles. The minimum atomic E-state index is 0.0589. The fourth-order valence-electron chi connectivity index (χ4n) is 1.65. The van der Waals surface area contributed by atoms with Crippen LogP contribution in [0.5, 0.6) is 0 Å². The highest BCUT2D eigenvalue weighted by Crippen LogP contribution is 2.32. The lowest BCUT2D eigenvalue weighted by Crippen LogP contribution is -2.15. The van der Waals surface area contributed by atoms with E-state index >= 15 is 0 Å². The van der Waals surface area contributed by atoms with Crippen molar-refractivity contribution in [1.29, 1.82) is 0 Å². The molecule has 0 aromatic heterocycles. The van der Waals surface area contributed by atoms with Crippen LogP contribution in [-0.4, -0.2) is 0 Å². The van der Waals surface area contributed by atoms with Crippen LogP contribution in [0.15, 0.2) is 12.1 Å². The summed E-state index contributed by atoms with van der Waals surface area (Å²) in [5.41, 5.74) is 16.0. The van der Waals surface area contributed by atoms with E-state index in [1.54, 1.807) is 0 Å². The van der Waals surface area contributed by atoms with Crippen molar-refractivity contribution < 1.29 is 0 Å². The molecule has 1 aromatic rings.